The molecule has 1 aromatic carbocycles. The molecule has 0 spiro atoms. The van der Waals surface area contributed by atoms with E-state index in [9.17, 15) is 14.5 Å². The molecular formula is C10H7BrFN3O2S. The van der Waals surface area contributed by atoms with E-state index in [1.807, 2.05) is 5.38 Å². The van der Waals surface area contributed by atoms with Crippen LogP contribution in [0.5, 0.6) is 0 Å². The number of aromatic nitrogens is 1. The number of benzene rings is 1. The van der Waals surface area contributed by atoms with E-state index in [1.165, 1.54) is 17.4 Å². The van der Waals surface area contributed by atoms with E-state index < -0.39 is 10.7 Å². The van der Waals surface area contributed by atoms with Crippen molar-refractivity contribution in [1.29, 1.82) is 0 Å². The third kappa shape index (κ3) is 2.82. The molecule has 0 aliphatic heterocycles. The topological polar surface area (TPSA) is 68.1 Å². The second-order valence-electron chi connectivity index (χ2n) is 3.37. The van der Waals surface area contributed by atoms with Crippen molar-refractivity contribution in [2.75, 3.05) is 5.32 Å². The summed E-state index contributed by atoms with van der Waals surface area (Å²) in [5.41, 5.74) is 2.40. The van der Waals surface area contributed by atoms with Crippen LogP contribution in [0.2, 0.25) is 0 Å². The molecule has 1 aromatic heterocycles. The molecule has 0 unspecified atom stereocenters. The van der Waals surface area contributed by atoms with E-state index in [2.05, 4.69) is 26.2 Å². The van der Waals surface area contributed by atoms with Gasteiger partial charge in [0, 0.05) is 5.38 Å². The van der Waals surface area contributed by atoms with Crippen LogP contribution >= 0.6 is 27.3 Å². The predicted octanol–water partition coefficient (Wildman–Crippen LogP) is 3.57. The minimum Gasteiger partial charge on any atom is -0.374 e. The fourth-order valence-corrected chi connectivity index (χ4v) is 2.24. The number of hydrogen-bond acceptors (Lipinski definition) is 5. The standard InChI is InChI=1S/C10H7BrFN3O2S/c11-7-1-9(10(15(16)17)2-8(7)12)13-3-6-4-18-5-14-6/h1-2,4-5,13H,3H2. The normalized spacial score (nSPS) is 10.3. The molecule has 5 nitrogen and oxygen atoms in total. The first kappa shape index (κ1) is 12.9. The highest BCUT2D eigenvalue weighted by atomic mass is 79.9. The van der Waals surface area contributed by atoms with E-state index in [-0.39, 0.29) is 15.8 Å². The van der Waals surface area contributed by atoms with Crippen LogP contribution in [0.25, 0.3) is 0 Å². The number of nitro groups is 1. The minimum absolute atomic E-state index is 0.175. The van der Waals surface area contributed by atoms with Crippen LogP contribution in [0.4, 0.5) is 15.8 Å². The van der Waals surface area contributed by atoms with Gasteiger partial charge in [-0.25, -0.2) is 9.37 Å². The summed E-state index contributed by atoms with van der Waals surface area (Å²) in [5.74, 6) is -0.666. The lowest BCUT2D eigenvalue weighted by molar-refractivity contribution is -0.384. The molecule has 0 amide bonds. The summed E-state index contributed by atoms with van der Waals surface area (Å²) in [7, 11) is 0. The lowest BCUT2D eigenvalue weighted by Crippen LogP contribution is -2.03. The number of thiazole rings is 1. The maximum atomic E-state index is 13.2. The molecule has 94 valence electrons. The van der Waals surface area contributed by atoms with E-state index in [0.29, 0.717) is 6.54 Å². The van der Waals surface area contributed by atoms with E-state index in [1.54, 1.807) is 5.51 Å². The Morgan fingerprint density at radius 3 is 2.94 bits per heavy atom. The maximum absolute atomic E-state index is 13.2. The Hall–Kier alpha value is -1.54. The first-order chi connectivity index (χ1) is 8.58. The summed E-state index contributed by atoms with van der Waals surface area (Å²) in [6, 6.07) is 2.23. The maximum Gasteiger partial charge on any atom is 0.295 e. The molecule has 2 rings (SSSR count). The monoisotopic (exact) mass is 331 g/mol. The molecule has 0 aliphatic rings. The molecule has 0 saturated heterocycles. The van der Waals surface area contributed by atoms with Gasteiger partial charge in [-0.1, -0.05) is 0 Å². The van der Waals surface area contributed by atoms with E-state index in [4.69, 9.17) is 0 Å². The Morgan fingerprint density at radius 2 is 2.33 bits per heavy atom. The van der Waals surface area contributed by atoms with Crippen LogP contribution in [0.3, 0.4) is 0 Å². The number of nitrogens with zero attached hydrogens (tertiary/aromatic N) is 2. The highest BCUT2D eigenvalue weighted by Crippen LogP contribution is 2.30. The van der Waals surface area contributed by atoms with Gasteiger partial charge in [-0.2, -0.15) is 0 Å². The predicted molar refractivity (Wildman–Crippen MR) is 70.2 cm³/mol. The van der Waals surface area contributed by atoms with Gasteiger partial charge >= 0.3 is 0 Å². The average Bonchev–Trinajstić information content (AvgIpc) is 2.83. The highest BCUT2D eigenvalue weighted by molar-refractivity contribution is 9.10. The number of anilines is 1. The number of hydrogen-bond donors (Lipinski definition) is 1. The number of nitrogens with one attached hydrogen (secondary N) is 1. The fourth-order valence-electron chi connectivity index (χ4n) is 1.34. The molecule has 18 heavy (non-hydrogen) atoms. The molecule has 1 N–H and O–H groups in total. The summed E-state index contributed by atoms with van der Waals surface area (Å²) in [4.78, 5) is 14.2. The zero-order valence-electron chi connectivity index (χ0n) is 8.89. The van der Waals surface area contributed by atoms with E-state index in [0.717, 1.165) is 11.8 Å². The van der Waals surface area contributed by atoms with Crippen molar-refractivity contribution < 1.29 is 9.31 Å². The molecule has 2 aromatic rings. The Balaban J connectivity index is 2.25. The van der Waals surface area contributed by atoms with Crippen molar-refractivity contribution in [3.05, 3.63) is 49.1 Å². The summed E-state index contributed by atoms with van der Waals surface area (Å²) in [6.45, 7) is 0.350. The average molecular weight is 332 g/mol. The van der Waals surface area contributed by atoms with Gasteiger partial charge in [0.25, 0.3) is 5.69 Å². The van der Waals surface area contributed by atoms with Gasteiger partial charge in [-0.3, -0.25) is 10.1 Å². The second-order valence-corrected chi connectivity index (χ2v) is 4.95. The Labute approximate surface area is 114 Å². The fraction of sp³-hybridized carbons (Fsp3) is 0.100. The van der Waals surface area contributed by atoms with Gasteiger partial charge < -0.3 is 5.32 Å². The highest BCUT2D eigenvalue weighted by Gasteiger charge is 2.17. The number of rotatable bonds is 4. The Kier molecular flexibility index (Phi) is 3.87. The summed E-state index contributed by atoms with van der Waals surface area (Å²) < 4.78 is 13.4. The minimum atomic E-state index is -0.666. The molecule has 8 heteroatoms. The molecule has 0 fully saturated rings. The van der Waals surface area contributed by atoms with Gasteiger partial charge in [0.1, 0.15) is 11.5 Å². The quantitative estimate of drug-likeness (QED) is 0.687. The lowest BCUT2D eigenvalue weighted by atomic mass is 10.2. The van der Waals surface area contributed by atoms with Crippen LogP contribution in [-0.2, 0) is 6.54 Å². The van der Waals surface area contributed by atoms with Crippen molar-refractivity contribution in [2.24, 2.45) is 0 Å². The number of halogens is 2. The molecule has 1 heterocycles. The summed E-state index contributed by atoms with van der Waals surface area (Å²) in [5, 5.41) is 15.5. The van der Waals surface area contributed by atoms with Gasteiger partial charge in [0.2, 0.25) is 0 Å². The third-order valence-corrected chi connectivity index (χ3v) is 3.42. The van der Waals surface area contributed by atoms with Crippen LogP contribution in [-0.4, -0.2) is 9.91 Å². The second kappa shape index (κ2) is 5.40. The van der Waals surface area contributed by atoms with Crippen molar-refractivity contribution in [3.63, 3.8) is 0 Å². The summed E-state index contributed by atoms with van der Waals surface area (Å²) in [6.07, 6.45) is 0. The van der Waals surface area contributed by atoms with Crippen LogP contribution in [0.15, 0.2) is 27.5 Å². The van der Waals surface area contributed by atoms with Gasteiger partial charge in [0.15, 0.2) is 0 Å². The van der Waals surface area contributed by atoms with Gasteiger partial charge in [0.05, 0.1) is 33.2 Å². The van der Waals surface area contributed by atoms with Crippen LogP contribution in [0.1, 0.15) is 5.69 Å². The molecule has 0 radical (unpaired) electrons. The van der Waals surface area contributed by atoms with Gasteiger partial charge in [-0.05, 0) is 22.0 Å². The van der Waals surface area contributed by atoms with Crippen molar-refractivity contribution in [2.45, 2.75) is 6.54 Å². The third-order valence-electron chi connectivity index (χ3n) is 2.18. The van der Waals surface area contributed by atoms with E-state index >= 15 is 0 Å². The molecular weight excluding hydrogens is 325 g/mol. The van der Waals surface area contributed by atoms with Crippen molar-refractivity contribution in [1.82, 2.24) is 4.98 Å². The SMILES string of the molecule is O=[N+]([O-])c1cc(F)c(Br)cc1NCc1cscn1. The molecule has 0 aliphatic carbocycles. The smallest absolute Gasteiger partial charge is 0.295 e. The molecule has 0 atom stereocenters. The zero-order chi connectivity index (χ0) is 13.1. The molecule has 0 saturated carbocycles. The van der Waals surface area contributed by atoms with Crippen molar-refractivity contribution in [3.8, 4) is 0 Å². The van der Waals surface area contributed by atoms with Crippen LogP contribution in [0, 0.1) is 15.9 Å². The Morgan fingerprint density at radius 1 is 1.56 bits per heavy atom. The summed E-state index contributed by atoms with van der Waals surface area (Å²) >= 11 is 4.43. The largest absolute Gasteiger partial charge is 0.374 e. The van der Waals surface area contributed by atoms with Crippen LogP contribution < -0.4 is 5.32 Å². The number of nitro benzene ring substituents is 1. The molecule has 0 bridgehead atoms. The van der Waals surface area contributed by atoms with Gasteiger partial charge in [-0.15, -0.1) is 11.3 Å². The van der Waals surface area contributed by atoms with Crippen molar-refractivity contribution >= 4 is 38.6 Å². The first-order valence-electron chi connectivity index (χ1n) is 4.82. The Bertz CT molecular complexity index is 577. The first-order valence-corrected chi connectivity index (χ1v) is 6.56. The zero-order valence-corrected chi connectivity index (χ0v) is 11.3. The lowest BCUT2D eigenvalue weighted by Gasteiger charge is -2.06.